The number of hydrogen-bond acceptors (Lipinski definition) is 5. The molecule has 1 amide bonds. The molecular formula is C13H18N2O4S. The third kappa shape index (κ3) is 2.69. The minimum atomic E-state index is -0.968. The van der Waals surface area contributed by atoms with Crippen molar-refractivity contribution in [2.45, 2.75) is 45.3 Å². The van der Waals surface area contributed by atoms with Crippen molar-refractivity contribution in [3.63, 3.8) is 0 Å². The number of carbonyl (C=O) groups is 1. The zero-order valence-electron chi connectivity index (χ0n) is 11.8. The molecule has 0 saturated carbocycles. The SMILES string of the molecule is Cc1sc(C(=O)N2CCCC2C(C)(C)O)cc1[N+](=O)[O-]. The maximum Gasteiger partial charge on any atom is 0.283 e. The summed E-state index contributed by atoms with van der Waals surface area (Å²) in [7, 11) is 0. The summed E-state index contributed by atoms with van der Waals surface area (Å²) in [5.74, 6) is -0.226. The lowest BCUT2D eigenvalue weighted by Gasteiger charge is -2.33. The first-order chi connectivity index (χ1) is 9.21. The van der Waals surface area contributed by atoms with Gasteiger partial charge in [-0.1, -0.05) is 0 Å². The van der Waals surface area contributed by atoms with Gasteiger partial charge in [-0.05, 0) is 33.6 Å². The molecule has 0 bridgehead atoms. The van der Waals surface area contributed by atoms with Gasteiger partial charge in [0, 0.05) is 12.6 Å². The van der Waals surface area contributed by atoms with Gasteiger partial charge >= 0.3 is 0 Å². The Bertz CT molecular complexity index is 547. The molecule has 1 aliphatic rings. The van der Waals surface area contributed by atoms with Gasteiger partial charge in [-0.2, -0.15) is 0 Å². The Morgan fingerprint density at radius 3 is 2.75 bits per heavy atom. The average Bonchev–Trinajstić information content (AvgIpc) is 2.92. The van der Waals surface area contributed by atoms with Crippen LogP contribution in [0, 0.1) is 17.0 Å². The van der Waals surface area contributed by atoms with E-state index in [0.717, 1.165) is 24.2 Å². The van der Waals surface area contributed by atoms with Gasteiger partial charge < -0.3 is 10.0 Å². The normalized spacial score (nSPS) is 19.4. The summed E-state index contributed by atoms with van der Waals surface area (Å²) in [5, 5.41) is 21.0. The average molecular weight is 298 g/mol. The summed E-state index contributed by atoms with van der Waals surface area (Å²) in [6, 6.07) is 1.10. The number of hydrogen-bond donors (Lipinski definition) is 1. The van der Waals surface area contributed by atoms with Gasteiger partial charge in [-0.3, -0.25) is 14.9 Å². The van der Waals surface area contributed by atoms with Crippen LogP contribution in [-0.4, -0.2) is 39.0 Å². The highest BCUT2D eigenvalue weighted by Crippen LogP contribution is 2.33. The molecule has 7 heteroatoms. The largest absolute Gasteiger partial charge is 0.388 e. The van der Waals surface area contributed by atoms with Crippen molar-refractivity contribution in [1.82, 2.24) is 4.90 Å². The quantitative estimate of drug-likeness (QED) is 0.685. The summed E-state index contributed by atoms with van der Waals surface area (Å²) in [6.07, 6.45) is 1.59. The topological polar surface area (TPSA) is 83.7 Å². The molecule has 2 heterocycles. The molecular weight excluding hydrogens is 280 g/mol. The molecule has 0 radical (unpaired) electrons. The van der Waals surface area contributed by atoms with Gasteiger partial charge in [-0.25, -0.2) is 0 Å². The fourth-order valence-electron chi connectivity index (χ4n) is 2.65. The number of aryl methyl sites for hydroxylation is 1. The summed E-state index contributed by atoms with van der Waals surface area (Å²) in [6.45, 7) is 5.59. The van der Waals surface area contributed by atoms with E-state index in [9.17, 15) is 20.0 Å². The maximum absolute atomic E-state index is 12.5. The first kappa shape index (κ1) is 14.9. The Morgan fingerprint density at radius 2 is 2.25 bits per heavy atom. The molecule has 110 valence electrons. The Kier molecular flexibility index (Phi) is 3.84. The van der Waals surface area contributed by atoms with E-state index in [4.69, 9.17) is 0 Å². The molecule has 1 fully saturated rings. The number of aliphatic hydroxyl groups is 1. The van der Waals surface area contributed by atoms with E-state index < -0.39 is 10.5 Å². The highest BCUT2D eigenvalue weighted by atomic mass is 32.1. The Labute approximate surface area is 121 Å². The second kappa shape index (κ2) is 5.14. The number of carbonyl (C=O) groups excluding carboxylic acids is 1. The van der Waals surface area contributed by atoms with Crippen LogP contribution in [0.5, 0.6) is 0 Å². The molecule has 1 aliphatic heterocycles. The van der Waals surface area contributed by atoms with Crippen LogP contribution >= 0.6 is 11.3 Å². The molecule has 0 aromatic carbocycles. The van der Waals surface area contributed by atoms with Gasteiger partial charge in [0.25, 0.3) is 11.6 Å². The standard InChI is InChI=1S/C13H18N2O4S/c1-8-9(15(18)19)7-10(20-8)12(16)14-6-4-5-11(14)13(2,3)17/h7,11,17H,4-6H2,1-3H3. The van der Waals surface area contributed by atoms with Crippen LogP contribution < -0.4 is 0 Å². The van der Waals surface area contributed by atoms with Crippen molar-refractivity contribution in [1.29, 1.82) is 0 Å². The second-order valence-corrected chi connectivity index (χ2v) is 6.88. The molecule has 1 atom stereocenters. The molecule has 20 heavy (non-hydrogen) atoms. The number of likely N-dealkylation sites (tertiary alicyclic amines) is 1. The zero-order valence-corrected chi connectivity index (χ0v) is 12.6. The predicted octanol–water partition coefficient (Wildman–Crippen LogP) is 2.34. The van der Waals surface area contributed by atoms with Gasteiger partial charge in [0.15, 0.2) is 0 Å². The third-order valence-electron chi connectivity index (χ3n) is 3.63. The molecule has 6 nitrogen and oxygen atoms in total. The van der Waals surface area contributed by atoms with Gasteiger partial charge in [-0.15, -0.1) is 11.3 Å². The van der Waals surface area contributed by atoms with E-state index in [2.05, 4.69) is 0 Å². The molecule has 0 spiro atoms. The maximum atomic E-state index is 12.5. The second-order valence-electron chi connectivity index (χ2n) is 5.62. The predicted molar refractivity (Wildman–Crippen MR) is 76.1 cm³/mol. The Balaban J connectivity index is 2.27. The van der Waals surface area contributed by atoms with E-state index >= 15 is 0 Å². The van der Waals surface area contributed by atoms with Crippen molar-refractivity contribution < 1.29 is 14.8 Å². The molecule has 1 aromatic rings. The van der Waals surface area contributed by atoms with E-state index in [1.165, 1.54) is 6.07 Å². The molecule has 1 unspecified atom stereocenters. The highest BCUT2D eigenvalue weighted by molar-refractivity contribution is 7.14. The number of nitrogens with zero attached hydrogens (tertiary/aromatic N) is 2. The van der Waals surface area contributed by atoms with Crippen LogP contribution in [0.25, 0.3) is 0 Å². The van der Waals surface area contributed by atoms with E-state index in [1.54, 1.807) is 25.7 Å². The van der Waals surface area contributed by atoms with Crippen molar-refractivity contribution in [3.05, 3.63) is 25.9 Å². The van der Waals surface area contributed by atoms with Crippen molar-refractivity contribution in [2.75, 3.05) is 6.54 Å². The fourth-order valence-corrected chi connectivity index (χ4v) is 3.59. The third-order valence-corrected chi connectivity index (χ3v) is 4.66. The minimum absolute atomic E-state index is 0.0163. The molecule has 2 rings (SSSR count). The minimum Gasteiger partial charge on any atom is -0.388 e. The first-order valence-electron chi connectivity index (χ1n) is 6.50. The number of amides is 1. The number of thiophene rings is 1. The molecule has 0 aliphatic carbocycles. The Morgan fingerprint density at radius 1 is 1.60 bits per heavy atom. The van der Waals surface area contributed by atoms with Crippen LogP contribution in [0.1, 0.15) is 41.2 Å². The zero-order chi connectivity index (χ0) is 15.1. The van der Waals surface area contributed by atoms with Crippen LogP contribution in [0.15, 0.2) is 6.07 Å². The van der Waals surface area contributed by atoms with Crippen LogP contribution in [0.3, 0.4) is 0 Å². The van der Waals surface area contributed by atoms with Crippen molar-refractivity contribution in [2.24, 2.45) is 0 Å². The van der Waals surface area contributed by atoms with Gasteiger partial charge in [0.05, 0.1) is 26.3 Å². The molecule has 1 aromatic heterocycles. The summed E-state index contributed by atoms with van der Waals surface area (Å²) in [5.41, 5.74) is -0.984. The molecule has 1 saturated heterocycles. The van der Waals surface area contributed by atoms with Crippen molar-refractivity contribution in [3.8, 4) is 0 Å². The number of rotatable bonds is 3. The highest BCUT2D eigenvalue weighted by Gasteiger charge is 2.39. The summed E-state index contributed by atoms with van der Waals surface area (Å²) in [4.78, 5) is 25.4. The van der Waals surface area contributed by atoms with Crippen molar-refractivity contribution >= 4 is 22.9 Å². The van der Waals surface area contributed by atoms with E-state index in [1.807, 2.05) is 0 Å². The summed E-state index contributed by atoms with van der Waals surface area (Å²) >= 11 is 1.14. The van der Waals surface area contributed by atoms with Crippen LogP contribution in [-0.2, 0) is 0 Å². The number of nitro groups is 1. The lowest BCUT2D eigenvalue weighted by atomic mass is 9.96. The monoisotopic (exact) mass is 298 g/mol. The first-order valence-corrected chi connectivity index (χ1v) is 7.31. The molecule has 1 N–H and O–H groups in total. The van der Waals surface area contributed by atoms with Crippen LogP contribution in [0.4, 0.5) is 5.69 Å². The Hall–Kier alpha value is -1.47. The lowest BCUT2D eigenvalue weighted by molar-refractivity contribution is -0.385. The van der Waals surface area contributed by atoms with E-state index in [-0.39, 0.29) is 17.6 Å². The fraction of sp³-hybridized carbons (Fsp3) is 0.615. The summed E-state index contributed by atoms with van der Waals surface area (Å²) < 4.78 is 0. The van der Waals surface area contributed by atoms with Gasteiger partial charge in [0.1, 0.15) is 0 Å². The lowest BCUT2D eigenvalue weighted by Crippen LogP contribution is -2.48. The van der Waals surface area contributed by atoms with E-state index in [0.29, 0.717) is 16.3 Å². The smallest absolute Gasteiger partial charge is 0.283 e. The van der Waals surface area contributed by atoms with Gasteiger partial charge in [0.2, 0.25) is 0 Å². The van der Waals surface area contributed by atoms with Crippen LogP contribution in [0.2, 0.25) is 0 Å².